The van der Waals surface area contributed by atoms with E-state index >= 15 is 0 Å². The summed E-state index contributed by atoms with van der Waals surface area (Å²) in [7, 11) is 0. The normalized spacial score (nSPS) is 12.1. The highest BCUT2D eigenvalue weighted by Gasteiger charge is 2.23. The zero-order chi connectivity index (χ0) is 32.1. The number of furan rings is 1. The van der Waals surface area contributed by atoms with E-state index in [9.17, 15) is 0 Å². The first-order valence-electron chi connectivity index (χ1n) is 16.2. The number of rotatable bonds is 4. The van der Waals surface area contributed by atoms with Gasteiger partial charge in [0, 0.05) is 65.1 Å². The molecule has 7 aromatic carbocycles. The summed E-state index contributed by atoms with van der Waals surface area (Å²) in [5.74, 6) is 0.641. The van der Waals surface area contributed by atoms with Crippen LogP contribution in [0, 0.1) is 0 Å². The topological polar surface area (TPSA) is 42.4 Å². The maximum Gasteiger partial charge on any atom is 0.227 e. The van der Waals surface area contributed by atoms with Crippen molar-refractivity contribution >= 4 is 113 Å². The second-order valence-corrected chi connectivity index (χ2v) is 14.4. The zero-order valence-electron chi connectivity index (χ0n) is 25.9. The van der Waals surface area contributed by atoms with Gasteiger partial charge in [0.25, 0.3) is 0 Å². The number of benzene rings is 7. The van der Waals surface area contributed by atoms with E-state index in [0.717, 1.165) is 55.7 Å². The third-order valence-corrected chi connectivity index (χ3v) is 11.9. The molecular formula is C43H24N2O2S2. The highest BCUT2D eigenvalue weighted by atomic mass is 32.1. The molecule has 0 bridgehead atoms. The molecule has 0 spiro atoms. The predicted octanol–water partition coefficient (Wildman–Crippen LogP) is 13.6. The fraction of sp³-hybridized carbons (Fsp3) is 0. The van der Waals surface area contributed by atoms with Crippen LogP contribution in [0.4, 0.5) is 17.1 Å². The van der Waals surface area contributed by atoms with Gasteiger partial charge in [-0.2, -0.15) is 0 Å². The molecule has 0 aliphatic carbocycles. The first kappa shape index (κ1) is 27.0. The van der Waals surface area contributed by atoms with E-state index in [-0.39, 0.29) is 0 Å². The molecule has 0 aliphatic rings. The Morgan fingerprint density at radius 2 is 1.12 bits per heavy atom. The van der Waals surface area contributed by atoms with Gasteiger partial charge in [-0.1, -0.05) is 78.9 Å². The van der Waals surface area contributed by atoms with Crippen molar-refractivity contribution in [3.05, 3.63) is 146 Å². The molecule has 0 aliphatic heterocycles. The monoisotopic (exact) mass is 664 g/mol. The number of thiophene rings is 2. The highest BCUT2D eigenvalue weighted by Crippen LogP contribution is 2.49. The fourth-order valence-corrected chi connectivity index (χ4v) is 9.68. The van der Waals surface area contributed by atoms with Gasteiger partial charge in [-0.25, -0.2) is 4.98 Å². The summed E-state index contributed by atoms with van der Waals surface area (Å²) in [5.41, 5.74) is 7.70. The number of hydrogen-bond acceptors (Lipinski definition) is 6. The van der Waals surface area contributed by atoms with Gasteiger partial charge in [-0.15, -0.1) is 22.7 Å². The van der Waals surface area contributed by atoms with Gasteiger partial charge < -0.3 is 13.7 Å². The van der Waals surface area contributed by atoms with Crippen molar-refractivity contribution in [2.24, 2.45) is 0 Å². The molecule has 11 rings (SSSR count). The number of hydrogen-bond donors (Lipinski definition) is 0. The lowest BCUT2D eigenvalue weighted by molar-refractivity contribution is 0.620. The van der Waals surface area contributed by atoms with Crippen LogP contribution in [0.15, 0.2) is 154 Å². The molecule has 0 unspecified atom stereocenters. The van der Waals surface area contributed by atoms with Crippen molar-refractivity contribution in [1.29, 1.82) is 0 Å². The summed E-state index contributed by atoms with van der Waals surface area (Å²) in [6.07, 6.45) is 0. The van der Waals surface area contributed by atoms with E-state index in [1.165, 1.54) is 40.3 Å². The number of nitrogens with zero attached hydrogens (tertiary/aromatic N) is 2. The molecule has 11 aromatic rings. The third-order valence-electron chi connectivity index (χ3n) is 9.49. The molecule has 0 saturated carbocycles. The van der Waals surface area contributed by atoms with Gasteiger partial charge in [0.15, 0.2) is 5.58 Å². The van der Waals surface area contributed by atoms with Crippen molar-refractivity contribution in [2.45, 2.75) is 0 Å². The van der Waals surface area contributed by atoms with Crippen LogP contribution in [0.25, 0.3) is 84.8 Å². The van der Waals surface area contributed by atoms with Crippen LogP contribution in [0.3, 0.4) is 0 Å². The Bertz CT molecular complexity index is 3080. The smallest absolute Gasteiger partial charge is 0.227 e. The first-order chi connectivity index (χ1) is 24.3. The first-order valence-corrected chi connectivity index (χ1v) is 17.8. The maximum atomic E-state index is 6.42. The summed E-state index contributed by atoms with van der Waals surface area (Å²) < 4.78 is 17.6. The van der Waals surface area contributed by atoms with Crippen LogP contribution < -0.4 is 4.90 Å². The summed E-state index contributed by atoms with van der Waals surface area (Å²) in [6, 6.07) is 51.3. The molecule has 4 aromatic heterocycles. The van der Waals surface area contributed by atoms with Gasteiger partial charge in [-0.05, 0) is 54.6 Å². The summed E-state index contributed by atoms with van der Waals surface area (Å²) in [6.45, 7) is 0. The molecular weight excluding hydrogens is 641 g/mol. The number of aromatic nitrogens is 1. The maximum absolute atomic E-state index is 6.42. The lowest BCUT2D eigenvalue weighted by Gasteiger charge is -2.26. The van der Waals surface area contributed by atoms with Gasteiger partial charge in [0.05, 0.1) is 20.8 Å². The molecule has 0 amide bonds. The standard InChI is InChI=1S/C43H24N2O2S2/c1-2-10-25(11-3-1)43-44-33-23-32-31-15-9-17-35(42(31)49-40(32)24-38(33)47-43)45(26-20-21-28-27-12-4-6-18-36(27)46-37(28)22-26)34-16-8-14-30-29-13-5-7-19-39(29)48-41(30)34/h1-24H. The Kier molecular flexibility index (Phi) is 5.67. The van der Waals surface area contributed by atoms with Crippen LogP contribution in [-0.4, -0.2) is 4.98 Å². The molecule has 4 nitrogen and oxygen atoms in total. The molecule has 0 atom stereocenters. The minimum absolute atomic E-state index is 0.641. The van der Waals surface area contributed by atoms with E-state index in [1.807, 2.05) is 53.8 Å². The quantitative estimate of drug-likeness (QED) is 0.188. The Labute approximate surface area is 287 Å². The molecule has 0 radical (unpaired) electrons. The molecule has 0 N–H and O–H groups in total. The second-order valence-electron chi connectivity index (χ2n) is 12.3. The van der Waals surface area contributed by atoms with Crippen LogP contribution in [-0.2, 0) is 0 Å². The van der Waals surface area contributed by atoms with E-state index < -0.39 is 0 Å². The van der Waals surface area contributed by atoms with Crippen LogP contribution in [0.2, 0.25) is 0 Å². The van der Waals surface area contributed by atoms with Gasteiger partial charge >= 0.3 is 0 Å². The molecule has 4 heterocycles. The number of anilines is 3. The predicted molar refractivity (Wildman–Crippen MR) is 207 cm³/mol. The minimum Gasteiger partial charge on any atom is -0.456 e. The van der Waals surface area contributed by atoms with Crippen molar-refractivity contribution in [3.8, 4) is 11.5 Å². The molecule has 0 fully saturated rings. The van der Waals surface area contributed by atoms with Gasteiger partial charge in [-0.3, -0.25) is 0 Å². The minimum atomic E-state index is 0.641. The Balaban J connectivity index is 1.17. The van der Waals surface area contributed by atoms with E-state index in [4.69, 9.17) is 13.8 Å². The molecule has 230 valence electrons. The summed E-state index contributed by atoms with van der Waals surface area (Å²) in [5, 5.41) is 7.16. The van der Waals surface area contributed by atoms with Gasteiger partial charge in [0.2, 0.25) is 5.89 Å². The van der Waals surface area contributed by atoms with Crippen molar-refractivity contribution in [2.75, 3.05) is 4.90 Å². The number of oxazole rings is 1. The largest absolute Gasteiger partial charge is 0.456 e. The average Bonchev–Trinajstić information content (AvgIpc) is 3.92. The lowest BCUT2D eigenvalue weighted by atomic mass is 10.1. The fourth-order valence-electron chi connectivity index (χ4n) is 7.25. The summed E-state index contributed by atoms with van der Waals surface area (Å²) in [4.78, 5) is 7.31. The number of para-hydroxylation sites is 1. The van der Waals surface area contributed by atoms with Crippen molar-refractivity contribution in [3.63, 3.8) is 0 Å². The van der Waals surface area contributed by atoms with E-state index in [1.54, 1.807) is 11.3 Å². The highest BCUT2D eigenvalue weighted by molar-refractivity contribution is 7.27. The van der Waals surface area contributed by atoms with Crippen LogP contribution in [0.1, 0.15) is 0 Å². The van der Waals surface area contributed by atoms with Crippen LogP contribution >= 0.6 is 22.7 Å². The van der Waals surface area contributed by atoms with Crippen LogP contribution in [0.5, 0.6) is 0 Å². The Morgan fingerprint density at radius 3 is 1.96 bits per heavy atom. The SMILES string of the molecule is c1ccc(-c2nc3cc4c(cc3o2)sc2c(N(c3ccc5c(c3)oc3ccccc35)c3cccc5c3sc3ccccc35)cccc24)cc1. The summed E-state index contributed by atoms with van der Waals surface area (Å²) >= 11 is 3.64. The Morgan fingerprint density at radius 1 is 0.449 bits per heavy atom. The number of fused-ring (bicyclic) bond motifs is 10. The third kappa shape index (κ3) is 4.05. The van der Waals surface area contributed by atoms with Crippen molar-refractivity contribution in [1.82, 2.24) is 4.98 Å². The van der Waals surface area contributed by atoms with Crippen molar-refractivity contribution < 1.29 is 8.83 Å². The van der Waals surface area contributed by atoms with E-state index in [0.29, 0.717) is 5.89 Å². The molecule has 0 saturated heterocycles. The van der Waals surface area contributed by atoms with E-state index in [2.05, 4.69) is 108 Å². The molecule has 6 heteroatoms. The zero-order valence-corrected chi connectivity index (χ0v) is 27.5. The van der Waals surface area contributed by atoms with Gasteiger partial charge in [0.1, 0.15) is 16.7 Å². The molecule has 49 heavy (non-hydrogen) atoms. The average molecular weight is 665 g/mol. The second kappa shape index (κ2) is 10.3. The lowest BCUT2D eigenvalue weighted by Crippen LogP contribution is -2.10. The Hall–Kier alpha value is -5.95.